The molecule has 166 valence electrons. The number of aryl methyl sites for hydroxylation is 1. The fraction of sp³-hybridized carbons (Fsp3) is 0.348. The first-order valence-electron chi connectivity index (χ1n) is 10.4. The second-order valence-electron chi connectivity index (χ2n) is 8.63. The second-order valence-corrected chi connectivity index (χ2v) is 11.6. The molecule has 32 heavy (non-hydrogen) atoms. The van der Waals surface area contributed by atoms with Crippen LogP contribution in [0.4, 0.5) is 5.69 Å². The number of halogens is 1. The third-order valence-electron chi connectivity index (χ3n) is 6.30. The number of hydrogen-bond acceptors (Lipinski definition) is 4. The van der Waals surface area contributed by atoms with Crippen molar-refractivity contribution in [3.8, 4) is 0 Å². The number of benzene rings is 1. The molecule has 1 aliphatic carbocycles. The molecule has 0 radical (unpaired) electrons. The maximum atomic E-state index is 13.3. The van der Waals surface area contributed by atoms with Crippen LogP contribution >= 0.6 is 11.6 Å². The average molecular weight is 471 g/mol. The van der Waals surface area contributed by atoms with Crippen molar-refractivity contribution in [2.24, 2.45) is 4.36 Å². The van der Waals surface area contributed by atoms with E-state index in [9.17, 15) is 13.8 Å². The Balaban J connectivity index is 1.54. The van der Waals surface area contributed by atoms with Crippen molar-refractivity contribution in [3.05, 3.63) is 59.0 Å². The van der Waals surface area contributed by atoms with E-state index in [1.54, 1.807) is 12.4 Å². The van der Waals surface area contributed by atoms with Gasteiger partial charge in [0, 0.05) is 53.3 Å². The van der Waals surface area contributed by atoms with Crippen LogP contribution in [0, 0.1) is 0 Å². The summed E-state index contributed by atoms with van der Waals surface area (Å²) in [5.74, 6) is -0.105. The van der Waals surface area contributed by atoms with E-state index in [0.29, 0.717) is 18.1 Å². The number of pyridine rings is 1. The lowest BCUT2D eigenvalue weighted by molar-refractivity contribution is -0.120. The lowest BCUT2D eigenvalue weighted by Gasteiger charge is -2.20. The van der Waals surface area contributed by atoms with E-state index < -0.39 is 21.1 Å². The van der Waals surface area contributed by atoms with Crippen molar-refractivity contribution in [3.63, 3.8) is 0 Å². The highest BCUT2D eigenvalue weighted by molar-refractivity contribution is 7.93. The molecule has 1 aliphatic heterocycles. The van der Waals surface area contributed by atoms with Crippen LogP contribution in [0.1, 0.15) is 31.0 Å². The number of amides is 2. The maximum absolute atomic E-state index is 13.3. The predicted molar refractivity (Wildman–Crippen MR) is 125 cm³/mol. The fourth-order valence-electron chi connectivity index (χ4n) is 4.69. The van der Waals surface area contributed by atoms with Gasteiger partial charge in [0.2, 0.25) is 5.91 Å². The van der Waals surface area contributed by atoms with Crippen molar-refractivity contribution in [1.82, 2.24) is 9.55 Å². The Morgan fingerprint density at radius 1 is 1.28 bits per heavy atom. The molecule has 0 saturated heterocycles. The molecule has 1 spiro atoms. The van der Waals surface area contributed by atoms with Crippen LogP contribution in [-0.4, -0.2) is 37.6 Å². The third kappa shape index (κ3) is 3.51. The normalized spacial score (nSPS) is 18.1. The van der Waals surface area contributed by atoms with Crippen molar-refractivity contribution in [1.29, 1.82) is 0 Å². The van der Waals surface area contributed by atoms with E-state index in [1.807, 2.05) is 39.8 Å². The summed E-state index contributed by atoms with van der Waals surface area (Å²) in [6.45, 7) is 2.08. The molecule has 1 unspecified atom stereocenters. The maximum Gasteiger partial charge on any atom is 0.250 e. The van der Waals surface area contributed by atoms with Crippen LogP contribution < -0.4 is 4.90 Å². The summed E-state index contributed by atoms with van der Waals surface area (Å²) in [4.78, 5) is 30.8. The average Bonchev–Trinajstić information content (AvgIpc) is 3.41. The Labute approximate surface area is 191 Å². The van der Waals surface area contributed by atoms with Gasteiger partial charge in [0.1, 0.15) is 0 Å². The van der Waals surface area contributed by atoms with Gasteiger partial charge in [0.15, 0.2) is 0 Å². The van der Waals surface area contributed by atoms with Crippen molar-refractivity contribution < 1.29 is 13.8 Å². The summed E-state index contributed by atoms with van der Waals surface area (Å²) >= 11 is 6.21. The van der Waals surface area contributed by atoms with Crippen LogP contribution in [0.5, 0.6) is 0 Å². The van der Waals surface area contributed by atoms with Crippen LogP contribution in [0.25, 0.3) is 10.9 Å². The highest BCUT2D eigenvalue weighted by atomic mass is 35.5. The smallest absolute Gasteiger partial charge is 0.250 e. The summed E-state index contributed by atoms with van der Waals surface area (Å²) in [7, 11) is -2.66. The molecule has 0 N–H and O–H groups in total. The number of aromatic nitrogens is 2. The molecule has 1 atom stereocenters. The summed E-state index contributed by atoms with van der Waals surface area (Å²) in [6.07, 6.45) is 6.73. The number of fused-ring (bicyclic) bond motifs is 3. The van der Waals surface area contributed by atoms with Gasteiger partial charge in [-0.15, -0.1) is 0 Å². The molecule has 3 heterocycles. The van der Waals surface area contributed by atoms with Crippen LogP contribution in [0.15, 0.2) is 47.1 Å². The minimum absolute atomic E-state index is 0.112. The quantitative estimate of drug-likeness (QED) is 0.565. The van der Waals surface area contributed by atoms with E-state index in [2.05, 4.69) is 9.35 Å². The first-order valence-corrected chi connectivity index (χ1v) is 12.9. The zero-order valence-corrected chi connectivity index (χ0v) is 19.4. The minimum atomic E-state index is -2.66. The van der Waals surface area contributed by atoms with E-state index in [1.165, 1.54) is 13.2 Å². The standard InChI is InChI=1S/C23H23ClN4O3S/c1-15(29)26-32(2,31)10-9-27-18(12-16-11-17(24)3-4-20(16)27)14-28-21-13-25-8-5-19(21)23(6-7-23)22(28)30/h3-5,8,11-13H,6-7,9-10,14H2,1-2H3. The van der Waals surface area contributed by atoms with Gasteiger partial charge in [-0.25, -0.2) is 4.21 Å². The zero-order valence-electron chi connectivity index (χ0n) is 17.9. The number of rotatable bonds is 5. The fourth-order valence-corrected chi connectivity index (χ4v) is 6.03. The molecule has 2 aromatic heterocycles. The summed E-state index contributed by atoms with van der Waals surface area (Å²) in [5.41, 5.74) is 3.36. The molecular formula is C23H23ClN4O3S. The van der Waals surface area contributed by atoms with E-state index >= 15 is 0 Å². The lowest BCUT2D eigenvalue weighted by Crippen LogP contribution is -2.32. The van der Waals surface area contributed by atoms with Crippen molar-refractivity contribution in [2.75, 3.05) is 16.9 Å². The molecular weight excluding hydrogens is 448 g/mol. The highest BCUT2D eigenvalue weighted by Gasteiger charge is 2.59. The number of anilines is 1. The first kappa shape index (κ1) is 21.2. The molecule has 1 saturated carbocycles. The molecule has 3 aromatic rings. The van der Waals surface area contributed by atoms with Crippen LogP contribution in [-0.2, 0) is 37.8 Å². The Kier molecular flexibility index (Phi) is 4.90. The van der Waals surface area contributed by atoms with Gasteiger partial charge in [-0.1, -0.05) is 11.6 Å². The van der Waals surface area contributed by atoms with E-state index in [-0.39, 0.29) is 11.7 Å². The highest BCUT2D eigenvalue weighted by Crippen LogP contribution is 2.57. The summed E-state index contributed by atoms with van der Waals surface area (Å²) in [6, 6.07) is 9.58. The van der Waals surface area contributed by atoms with Crippen molar-refractivity contribution in [2.45, 2.75) is 38.3 Å². The van der Waals surface area contributed by atoms with Crippen LogP contribution in [0.3, 0.4) is 0 Å². The van der Waals surface area contributed by atoms with E-state index in [0.717, 1.165) is 40.7 Å². The van der Waals surface area contributed by atoms with Gasteiger partial charge in [0.05, 0.1) is 33.6 Å². The molecule has 9 heteroatoms. The Hall–Kier alpha value is -2.71. The first-order chi connectivity index (χ1) is 15.2. The van der Waals surface area contributed by atoms with Gasteiger partial charge >= 0.3 is 0 Å². The number of hydrogen-bond donors (Lipinski definition) is 0. The zero-order chi connectivity index (χ0) is 22.7. The largest absolute Gasteiger partial charge is 0.342 e. The van der Waals surface area contributed by atoms with Gasteiger partial charge < -0.3 is 9.47 Å². The monoisotopic (exact) mass is 470 g/mol. The second kappa shape index (κ2) is 7.42. The Morgan fingerprint density at radius 2 is 2.06 bits per heavy atom. The molecule has 2 amide bonds. The third-order valence-corrected chi connectivity index (χ3v) is 8.11. The molecule has 5 rings (SSSR count). The van der Waals surface area contributed by atoms with Crippen molar-refractivity contribution >= 4 is 49.7 Å². The Morgan fingerprint density at radius 3 is 2.78 bits per heavy atom. The Bertz CT molecular complexity index is 1400. The van der Waals surface area contributed by atoms with Crippen LogP contribution in [0.2, 0.25) is 5.02 Å². The molecule has 1 aromatic carbocycles. The summed E-state index contributed by atoms with van der Waals surface area (Å²) < 4.78 is 18.6. The van der Waals surface area contributed by atoms with E-state index in [4.69, 9.17) is 11.6 Å². The number of carbonyl (C=O) groups is 2. The minimum Gasteiger partial charge on any atom is -0.342 e. The number of nitrogens with zero attached hydrogens (tertiary/aromatic N) is 4. The molecule has 7 nitrogen and oxygen atoms in total. The molecule has 1 fully saturated rings. The predicted octanol–water partition coefficient (Wildman–Crippen LogP) is 3.91. The SMILES string of the molecule is CC(=O)N=S(C)(=O)CCn1c(CN2C(=O)C3(CC3)c3ccncc32)cc2cc(Cl)ccc21. The van der Waals surface area contributed by atoms with Gasteiger partial charge in [-0.05, 0) is 48.7 Å². The lowest BCUT2D eigenvalue weighted by atomic mass is 9.99. The molecule has 0 bridgehead atoms. The van der Waals surface area contributed by atoms with Gasteiger partial charge in [-0.3, -0.25) is 14.6 Å². The van der Waals surface area contributed by atoms with Gasteiger partial charge in [-0.2, -0.15) is 4.36 Å². The van der Waals surface area contributed by atoms with Gasteiger partial charge in [0.25, 0.3) is 5.91 Å². The molecule has 2 aliphatic rings. The topological polar surface area (TPSA) is 84.6 Å². The summed E-state index contributed by atoms with van der Waals surface area (Å²) in [5, 5.41) is 1.56. The number of carbonyl (C=O) groups excluding carboxylic acids is 2.